The normalized spacial score (nSPS) is 10.9. The van der Waals surface area contributed by atoms with Crippen LogP contribution in [0.15, 0.2) is 116 Å². The molecule has 188 valence electrons. The fraction of sp³-hybridized carbons (Fsp3) is 0. The van der Waals surface area contributed by atoms with Gasteiger partial charge in [0.05, 0.1) is 9.79 Å². The molecule has 4 aromatic rings. The molecule has 37 heavy (non-hydrogen) atoms. The smallest absolute Gasteiger partial charge is 0.206 e. The maximum absolute atomic E-state index is 13.1. The summed E-state index contributed by atoms with van der Waals surface area (Å²) >= 11 is 17.5. The van der Waals surface area contributed by atoms with Crippen molar-refractivity contribution >= 4 is 99.1 Å². The Hall–Kier alpha value is -2.83. The molecule has 0 saturated carbocycles. The molecule has 0 aliphatic heterocycles. The lowest BCUT2D eigenvalue weighted by Gasteiger charge is -2.12. The van der Waals surface area contributed by atoms with Crippen molar-refractivity contribution in [3.63, 3.8) is 0 Å². The lowest BCUT2D eigenvalue weighted by molar-refractivity contribution is 0.596. The molecule has 0 spiro atoms. The summed E-state index contributed by atoms with van der Waals surface area (Å²) in [5.74, 6) is 0. The summed E-state index contributed by atoms with van der Waals surface area (Å²) < 4.78 is 28.2. The molecule has 0 aliphatic carbocycles. The third-order valence-electron chi connectivity index (χ3n) is 5.05. The predicted octanol–water partition coefficient (Wildman–Crippen LogP) is 7.66. The van der Waals surface area contributed by atoms with Gasteiger partial charge in [0.2, 0.25) is 9.84 Å². The summed E-state index contributed by atoms with van der Waals surface area (Å²) in [6, 6.07) is 28.0. The highest BCUT2D eigenvalue weighted by molar-refractivity contribution is 9.10. The molecule has 4 N–H and O–H groups in total. The van der Waals surface area contributed by atoms with Crippen LogP contribution in [-0.4, -0.2) is 18.6 Å². The van der Waals surface area contributed by atoms with E-state index in [1.54, 1.807) is 48.5 Å². The van der Waals surface area contributed by atoms with Crippen molar-refractivity contribution in [2.75, 3.05) is 21.3 Å². The zero-order valence-electron chi connectivity index (χ0n) is 19.0. The Labute approximate surface area is 243 Å². The van der Waals surface area contributed by atoms with Crippen LogP contribution in [-0.2, 0) is 9.84 Å². The average Bonchev–Trinajstić information content (AvgIpc) is 2.87. The fourth-order valence-corrected chi connectivity index (χ4v) is 5.49. The molecule has 0 fully saturated rings. The van der Waals surface area contributed by atoms with Gasteiger partial charge >= 0.3 is 0 Å². The molecule has 0 atom stereocenters. The lowest BCUT2D eigenvalue weighted by Crippen LogP contribution is -2.19. The SMILES string of the molecule is O=S(=O)(c1ccc(NC(=S)Nc2ccc(Br)cc2)cc1)c1ccc(NC(=S)Nc2ccc(Br)cc2)cc1. The van der Waals surface area contributed by atoms with E-state index in [1.165, 1.54) is 0 Å². The second kappa shape index (κ2) is 12.1. The zero-order chi connectivity index (χ0) is 26.4. The minimum Gasteiger partial charge on any atom is -0.332 e. The van der Waals surface area contributed by atoms with E-state index in [2.05, 4.69) is 53.1 Å². The number of hydrogen-bond donors (Lipinski definition) is 4. The number of rotatable bonds is 6. The number of sulfone groups is 1. The first-order chi connectivity index (χ1) is 17.7. The number of benzene rings is 4. The topological polar surface area (TPSA) is 82.3 Å². The van der Waals surface area contributed by atoms with E-state index >= 15 is 0 Å². The largest absolute Gasteiger partial charge is 0.332 e. The standard InChI is InChI=1S/C26H20Br2N4O2S3/c27-17-1-5-19(6-2-17)29-25(35)31-21-9-13-23(14-10-21)37(33,34)24-15-11-22(12-16-24)32-26(36)30-20-7-3-18(28)4-8-20/h1-16H,(H2,29,31,35)(H2,30,32,36). The summed E-state index contributed by atoms with van der Waals surface area (Å²) in [5.41, 5.74) is 3.00. The van der Waals surface area contributed by atoms with Gasteiger partial charge in [-0.3, -0.25) is 0 Å². The van der Waals surface area contributed by atoms with Crippen LogP contribution < -0.4 is 21.3 Å². The zero-order valence-corrected chi connectivity index (χ0v) is 24.7. The van der Waals surface area contributed by atoms with Crippen molar-refractivity contribution in [2.45, 2.75) is 9.79 Å². The van der Waals surface area contributed by atoms with Gasteiger partial charge in [0, 0.05) is 31.7 Å². The predicted molar refractivity (Wildman–Crippen MR) is 166 cm³/mol. The highest BCUT2D eigenvalue weighted by Gasteiger charge is 2.17. The first kappa shape index (κ1) is 27.2. The van der Waals surface area contributed by atoms with E-state index < -0.39 is 9.84 Å². The number of hydrogen-bond acceptors (Lipinski definition) is 4. The molecule has 6 nitrogen and oxygen atoms in total. The second-order valence-corrected chi connectivity index (χ2v) is 12.3. The highest BCUT2D eigenvalue weighted by atomic mass is 79.9. The number of nitrogens with one attached hydrogen (secondary N) is 4. The van der Waals surface area contributed by atoms with E-state index in [-0.39, 0.29) is 9.79 Å². The number of thiocarbonyl (C=S) groups is 2. The molecule has 4 rings (SSSR count). The third kappa shape index (κ3) is 7.59. The molecule has 0 radical (unpaired) electrons. The Bertz CT molecular complexity index is 1400. The van der Waals surface area contributed by atoms with Crippen LogP contribution in [0.3, 0.4) is 0 Å². The molecular weight excluding hydrogens is 656 g/mol. The highest BCUT2D eigenvalue weighted by Crippen LogP contribution is 2.24. The Morgan fingerprint density at radius 3 is 1.00 bits per heavy atom. The van der Waals surface area contributed by atoms with Gasteiger partial charge < -0.3 is 21.3 Å². The second-order valence-electron chi connectivity index (χ2n) is 7.72. The molecule has 4 aromatic carbocycles. The van der Waals surface area contributed by atoms with Gasteiger partial charge in [-0.1, -0.05) is 31.9 Å². The summed E-state index contributed by atoms with van der Waals surface area (Å²) in [7, 11) is -3.70. The minimum absolute atomic E-state index is 0.179. The van der Waals surface area contributed by atoms with E-state index in [4.69, 9.17) is 24.4 Å². The van der Waals surface area contributed by atoms with Crippen LogP contribution in [0.4, 0.5) is 22.7 Å². The first-order valence-corrected chi connectivity index (χ1v) is 14.7. The molecule has 0 aliphatic rings. The van der Waals surface area contributed by atoms with Crippen LogP contribution in [0.25, 0.3) is 0 Å². The monoisotopic (exact) mass is 674 g/mol. The number of halogens is 2. The van der Waals surface area contributed by atoms with Crippen LogP contribution >= 0.6 is 56.3 Å². The Balaban J connectivity index is 1.36. The first-order valence-electron chi connectivity index (χ1n) is 10.8. The van der Waals surface area contributed by atoms with Gasteiger partial charge in [0.15, 0.2) is 10.2 Å². The van der Waals surface area contributed by atoms with Gasteiger partial charge in [0.25, 0.3) is 0 Å². The maximum atomic E-state index is 13.1. The minimum atomic E-state index is -3.70. The van der Waals surface area contributed by atoms with Crippen molar-refractivity contribution in [2.24, 2.45) is 0 Å². The van der Waals surface area contributed by atoms with Gasteiger partial charge in [-0.15, -0.1) is 0 Å². The van der Waals surface area contributed by atoms with Crippen LogP contribution in [0, 0.1) is 0 Å². The summed E-state index contributed by atoms with van der Waals surface area (Å²) in [6.45, 7) is 0. The van der Waals surface area contributed by atoms with Crippen molar-refractivity contribution in [1.82, 2.24) is 0 Å². The molecule has 11 heteroatoms. The molecular formula is C26H20Br2N4O2S3. The molecule has 0 heterocycles. The van der Waals surface area contributed by atoms with Gasteiger partial charge in [0.1, 0.15) is 0 Å². The Kier molecular flexibility index (Phi) is 8.93. The molecule has 0 unspecified atom stereocenters. The fourth-order valence-electron chi connectivity index (χ4n) is 3.22. The summed E-state index contributed by atoms with van der Waals surface area (Å²) in [6.07, 6.45) is 0. The lowest BCUT2D eigenvalue weighted by atomic mass is 10.3. The maximum Gasteiger partial charge on any atom is 0.206 e. The molecule has 0 aromatic heterocycles. The Morgan fingerprint density at radius 1 is 0.486 bits per heavy atom. The van der Waals surface area contributed by atoms with Crippen LogP contribution in [0.2, 0.25) is 0 Å². The number of anilines is 4. The third-order valence-corrected chi connectivity index (χ3v) is 8.30. The summed E-state index contributed by atoms with van der Waals surface area (Å²) in [4.78, 5) is 0.357. The van der Waals surface area contributed by atoms with E-state index in [9.17, 15) is 8.42 Å². The molecule has 0 saturated heterocycles. The van der Waals surface area contributed by atoms with Crippen LogP contribution in [0.5, 0.6) is 0 Å². The molecule has 0 amide bonds. The van der Waals surface area contributed by atoms with Crippen LogP contribution in [0.1, 0.15) is 0 Å². The molecule has 0 bridgehead atoms. The van der Waals surface area contributed by atoms with Gasteiger partial charge in [-0.25, -0.2) is 8.42 Å². The van der Waals surface area contributed by atoms with E-state index in [1.807, 2.05) is 48.5 Å². The average molecular weight is 676 g/mol. The van der Waals surface area contributed by atoms with Gasteiger partial charge in [-0.2, -0.15) is 0 Å². The van der Waals surface area contributed by atoms with Crippen molar-refractivity contribution in [3.8, 4) is 0 Å². The quantitative estimate of drug-likeness (QED) is 0.155. The summed E-state index contributed by atoms with van der Waals surface area (Å²) in [5, 5.41) is 13.1. The van der Waals surface area contributed by atoms with Gasteiger partial charge in [-0.05, 0) is 121 Å². The van der Waals surface area contributed by atoms with E-state index in [0.29, 0.717) is 21.6 Å². The Morgan fingerprint density at radius 2 is 0.730 bits per heavy atom. The van der Waals surface area contributed by atoms with E-state index in [0.717, 1.165) is 20.3 Å². The van der Waals surface area contributed by atoms with Crippen molar-refractivity contribution in [1.29, 1.82) is 0 Å². The van der Waals surface area contributed by atoms with Crippen molar-refractivity contribution < 1.29 is 8.42 Å². The van der Waals surface area contributed by atoms with Crippen molar-refractivity contribution in [3.05, 3.63) is 106 Å².